The Kier molecular flexibility index (Phi) is 8.99. The number of ether oxygens (including phenoxy) is 3. The predicted molar refractivity (Wildman–Crippen MR) is 143 cm³/mol. The van der Waals surface area contributed by atoms with Crippen LogP contribution in [0.3, 0.4) is 0 Å². The Morgan fingerprint density at radius 2 is 1.59 bits per heavy atom. The lowest BCUT2D eigenvalue weighted by Gasteiger charge is -2.28. The molecule has 0 saturated heterocycles. The second-order valence-electron chi connectivity index (χ2n) is 10.7. The van der Waals surface area contributed by atoms with E-state index >= 15 is 0 Å². The molecule has 2 amide bonds. The van der Waals surface area contributed by atoms with Crippen molar-refractivity contribution >= 4 is 36.8 Å². The third kappa shape index (κ3) is 8.74. The molecule has 14 heteroatoms. The molecule has 0 bridgehead atoms. The highest BCUT2D eigenvalue weighted by Crippen LogP contribution is 2.42. The van der Waals surface area contributed by atoms with Gasteiger partial charge in [-0.3, -0.25) is 0 Å². The van der Waals surface area contributed by atoms with Crippen LogP contribution in [0.2, 0.25) is 0 Å². The van der Waals surface area contributed by atoms with Gasteiger partial charge in [0.1, 0.15) is 23.3 Å². The topological polar surface area (TPSA) is 155 Å². The summed E-state index contributed by atoms with van der Waals surface area (Å²) in [5.41, 5.74) is -1.36. The van der Waals surface area contributed by atoms with Crippen LogP contribution in [0.1, 0.15) is 48.5 Å². The maximum absolute atomic E-state index is 13.1. The molecule has 2 heterocycles. The number of hydrogen-bond acceptors (Lipinski definition) is 10. The van der Waals surface area contributed by atoms with Crippen molar-refractivity contribution in [1.82, 2.24) is 19.5 Å². The molecule has 0 fully saturated rings. The molecule has 3 aromatic rings. The fourth-order valence-corrected chi connectivity index (χ4v) is 4.20. The molecule has 13 nitrogen and oxygen atoms in total. The molecule has 0 spiro atoms. The molecular formula is C25H34N5O8P. The minimum atomic E-state index is -4.07. The smallest absolute Gasteiger partial charge is 0.425 e. The van der Waals surface area contributed by atoms with Gasteiger partial charge in [-0.25, -0.2) is 29.1 Å². The molecule has 0 saturated carbocycles. The number of imidazole rings is 1. The number of benzene rings is 1. The van der Waals surface area contributed by atoms with Gasteiger partial charge in [0.2, 0.25) is 0 Å². The van der Waals surface area contributed by atoms with Gasteiger partial charge in [-0.05, 0) is 60.6 Å². The maximum Gasteiger partial charge on any atom is 0.425 e. The first-order chi connectivity index (χ1) is 18.0. The SMILES string of the molecule is C[C@H](Cn1cnc2c(N(C(=O)OC(C)(C)C)C(=O)OC(C)(C)C)ncnc21)OCP(=O)(O)Oc1ccccc1. The predicted octanol–water partition coefficient (Wildman–Crippen LogP) is 5.13. The largest absolute Gasteiger partial charge is 0.443 e. The summed E-state index contributed by atoms with van der Waals surface area (Å²) in [4.78, 5) is 49.6. The highest BCUT2D eigenvalue weighted by molar-refractivity contribution is 7.53. The van der Waals surface area contributed by atoms with Crippen molar-refractivity contribution < 1.29 is 37.8 Å². The molecular weight excluding hydrogens is 529 g/mol. The number of anilines is 1. The van der Waals surface area contributed by atoms with Gasteiger partial charge in [-0.1, -0.05) is 18.2 Å². The normalized spacial score (nSPS) is 14.4. The Labute approximate surface area is 226 Å². The fraction of sp³-hybridized carbons (Fsp3) is 0.480. The Balaban J connectivity index is 1.81. The summed E-state index contributed by atoms with van der Waals surface area (Å²) in [7, 11) is -4.07. The number of para-hydroxylation sites is 1. The minimum Gasteiger partial charge on any atom is -0.443 e. The van der Waals surface area contributed by atoms with E-state index < -0.39 is 43.4 Å². The number of rotatable bonds is 8. The lowest BCUT2D eigenvalue weighted by Crippen LogP contribution is -2.44. The van der Waals surface area contributed by atoms with Gasteiger partial charge in [-0.15, -0.1) is 0 Å². The summed E-state index contributed by atoms with van der Waals surface area (Å²) in [6.45, 7) is 11.9. The minimum absolute atomic E-state index is 0.119. The fourth-order valence-electron chi connectivity index (χ4n) is 3.25. The van der Waals surface area contributed by atoms with Crippen molar-refractivity contribution in [3.8, 4) is 5.75 Å². The van der Waals surface area contributed by atoms with Crippen molar-refractivity contribution in [1.29, 1.82) is 0 Å². The lowest BCUT2D eigenvalue weighted by atomic mass is 10.2. The van der Waals surface area contributed by atoms with E-state index in [1.807, 2.05) is 0 Å². The molecule has 0 aliphatic heterocycles. The molecule has 0 aliphatic rings. The Morgan fingerprint density at radius 3 is 2.15 bits per heavy atom. The van der Waals surface area contributed by atoms with Crippen LogP contribution < -0.4 is 9.42 Å². The van der Waals surface area contributed by atoms with Crippen molar-refractivity contribution in [2.75, 3.05) is 11.2 Å². The molecule has 0 aliphatic carbocycles. The highest BCUT2D eigenvalue weighted by atomic mass is 31.2. The second-order valence-corrected chi connectivity index (χ2v) is 12.4. The van der Waals surface area contributed by atoms with E-state index in [9.17, 15) is 19.0 Å². The Hall–Kier alpha value is -3.54. The summed E-state index contributed by atoms with van der Waals surface area (Å²) >= 11 is 0. The van der Waals surface area contributed by atoms with Gasteiger partial charge < -0.3 is 28.2 Å². The molecule has 2 aromatic heterocycles. The van der Waals surface area contributed by atoms with Gasteiger partial charge in [0.15, 0.2) is 23.3 Å². The molecule has 212 valence electrons. The zero-order chi connectivity index (χ0) is 29.0. The van der Waals surface area contributed by atoms with E-state index in [1.165, 1.54) is 12.7 Å². The quantitative estimate of drug-likeness (QED) is 0.363. The number of carbonyl (C=O) groups excluding carboxylic acids is 2. The summed E-state index contributed by atoms with van der Waals surface area (Å²) in [6.07, 6.45) is -0.460. The van der Waals surface area contributed by atoms with E-state index in [0.29, 0.717) is 10.5 Å². The van der Waals surface area contributed by atoms with Gasteiger partial charge >= 0.3 is 19.8 Å². The Morgan fingerprint density at radius 1 is 1.00 bits per heavy atom. The first-order valence-electron chi connectivity index (χ1n) is 12.1. The monoisotopic (exact) mass is 563 g/mol. The van der Waals surface area contributed by atoms with Crippen molar-refractivity contribution in [3.63, 3.8) is 0 Å². The number of fused-ring (bicyclic) bond motifs is 1. The van der Waals surface area contributed by atoms with E-state index in [2.05, 4.69) is 15.0 Å². The Bertz CT molecular complexity index is 1320. The van der Waals surface area contributed by atoms with Gasteiger partial charge in [0.25, 0.3) is 0 Å². The van der Waals surface area contributed by atoms with E-state index in [0.717, 1.165) is 0 Å². The van der Waals surface area contributed by atoms with Crippen LogP contribution in [-0.4, -0.2) is 60.3 Å². The third-order valence-corrected chi connectivity index (χ3v) is 5.68. The van der Waals surface area contributed by atoms with Crippen LogP contribution in [0.5, 0.6) is 5.75 Å². The van der Waals surface area contributed by atoms with Crippen molar-refractivity contribution in [3.05, 3.63) is 43.0 Å². The molecule has 2 atom stereocenters. The van der Waals surface area contributed by atoms with Gasteiger partial charge in [-0.2, -0.15) is 4.90 Å². The standard InChI is InChI=1S/C25H34N5O8P/c1-17(35-16-39(33,34)38-18-11-9-8-10-12-18)13-29-15-28-19-20(29)26-14-27-21(19)30(22(31)36-24(2,3)4)23(32)37-25(5,6)7/h8-12,14-15,17H,13,16H2,1-7H3,(H,33,34)/t17-/m1/s1. The average Bonchev–Trinajstić information content (AvgIpc) is 3.19. The average molecular weight is 564 g/mol. The maximum atomic E-state index is 13.1. The molecule has 1 N–H and O–H groups in total. The van der Waals surface area contributed by atoms with Crippen LogP contribution in [0.25, 0.3) is 11.2 Å². The zero-order valence-corrected chi connectivity index (χ0v) is 23.9. The zero-order valence-electron chi connectivity index (χ0n) is 23.0. The first kappa shape index (κ1) is 30.0. The van der Waals surface area contributed by atoms with Crippen molar-refractivity contribution in [2.24, 2.45) is 0 Å². The van der Waals surface area contributed by atoms with Crippen LogP contribution >= 0.6 is 7.60 Å². The van der Waals surface area contributed by atoms with Crippen LogP contribution in [0, 0.1) is 0 Å². The van der Waals surface area contributed by atoms with Crippen molar-refractivity contribution in [2.45, 2.75) is 72.3 Å². The van der Waals surface area contributed by atoms with Gasteiger partial charge in [0.05, 0.1) is 19.0 Å². The van der Waals surface area contributed by atoms with Crippen LogP contribution in [-0.2, 0) is 25.3 Å². The van der Waals surface area contributed by atoms with Gasteiger partial charge in [0, 0.05) is 0 Å². The number of aromatic nitrogens is 4. The van der Waals surface area contributed by atoms with Crippen LogP contribution in [0.4, 0.5) is 15.4 Å². The van der Waals surface area contributed by atoms with Crippen LogP contribution in [0.15, 0.2) is 43.0 Å². The molecule has 39 heavy (non-hydrogen) atoms. The lowest BCUT2D eigenvalue weighted by molar-refractivity contribution is 0.0429. The summed E-state index contributed by atoms with van der Waals surface area (Å²) in [6, 6.07) is 8.27. The number of hydrogen-bond donors (Lipinski definition) is 1. The molecule has 3 rings (SSSR count). The highest BCUT2D eigenvalue weighted by Gasteiger charge is 2.35. The third-order valence-electron chi connectivity index (χ3n) is 4.71. The van der Waals surface area contributed by atoms with E-state index in [4.69, 9.17) is 18.7 Å². The first-order valence-corrected chi connectivity index (χ1v) is 13.9. The summed E-state index contributed by atoms with van der Waals surface area (Å²) in [5, 5.41) is 0. The van der Waals surface area contributed by atoms with E-state index in [-0.39, 0.29) is 23.6 Å². The molecule has 1 unspecified atom stereocenters. The number of amides is 2. The molecule has 0 radical (unpaired) electrons. The number of carbonyl (C=O) groups is 2. The second kappa shape index (κ2) is 11.7. The number of nitrogens with zero attached hydrogens (tertiary/aromatic N) is 5. The number of imide groups is 1. The summed E-state index contributed by atoms with van der Waals surface area (Å²) in [5.74, 6) is 0.135. The van der Waals surface area contributed by atoms with E-state index in [1.54, 1.807) is 83.4 Å². The summed E-state index contributed by atoms with van der Waals surface area (Å²) < 4.78 is 35.6. The molecule has 1 aromatic carbocycles.